The Bertz CT molecular complexity index is 764. The van der Waals surface area contributed by atoms with Crippen molar-refractivity contribution < 1.29 is 9.53 Å². The Kier molecular flexibility index (Phi) is 6.63. The van der Waals surface area contributed by atoms with E-state index in [0.29, 0.717) is 12.1 Å². The summed E-state index contributed by atoms with van der Waals surface area (Å²) in [6.45, 7) is 9.71. The van der Waals surface area contributed by atoms with Crippen LogP contribution in [0.4, 0.5) is 0 Å². The maximum Gasteiger partial charge on any atom is 0.253 e. The lowest BCUT2D eigenvalue weighted by Gasteiger charge is -2.44. The second kappa shape index (κ2) is 8.95. The van der Waals surface area contributed by atoms with E-state index < -0.39 is 0 Å². The van der Waals surface area contributed by atoms with Crippen molar-refractivity contribution in [3.63, 3.8) is 0 Å². The summed E-state index contributed by atoms with van der Waals surface area (Å²) in [5.74, 6) is 0.111. The van der Waals surface area contributed by atoms with Crippen molar-refractivity contribution in [2.45, 2.75) is 39.3 Å². The van der Waals surface area contributed by atoms with Crippen LogP contribution in [0.25, 0.3) is 10.6 Å². The van der Waals surface area contributed by atoms with Crippen molar-refractivity contribution in [1.82, 2.24) is 14.8 Å². The molecule has 1 aliphatic heterocycles. The molecule has 2 heterocycles. The Morgan fingerprint density at radius 2 is 2.04 bits per heavy atom. The van der Waals surface area contributed by atoms with E-state index in [9.17, 15) is 4.79 Å². The molecular formula is C21H29N3O2S. The van der Waals surface area contributed by atoms with Gasteiger partial charge in [0.15, 0.2) is 0 Å². The van der Waals surface area contributed by atoms with E-state index in [4.69, 9.17) is 4.74 Å². The molecule has 3 rings (SSSR count). The topological polar surface area (TPSA) is 45.7 Å². The van der Waals surface area contributed by atoms with Gasteiger partial charge in [0.25, 0.3) is 5.91 Å². The van der Waals surface area contributed by atoms with Gasteiger partial charge < -0.3 is 9.64 Å². The molecule has 0 spiro atoms. The number of benzene rings is 1. The Morgan fingerprint density at radius 3 is 2.67 bits per heavy atom. The number of amides is 1. The molecule has 0 N–H and O–H groups in total. The Hall–Kier alpha value is -1.76. The van der Waals surface area contributed by atoms with E-state index in [2.05, 4.69) is 23.7 Å². The Balaban J connectivity index is 1.69. The molecule has 2 atom stereocenters. The Labute approximate surface area is 166 Å². The van der Waals surface area contributed by atoms with Crippen molar-refractivity contribution in [2.75, 3.05) is 33.4 Å². The minimum absolute atomic E-state index is 0.111. The van der Waals surface area contributed by atoms with Crippen LogP contribution in [0, 0.1) is 6.92 Å². The highest BCUT2D eigenvalue weighted by Crippen LogP contribution is 2.25. The molecule has 1 aromatic heterocycles. The summed E-state index contributed by atoms with van der Waals surface area (Å²) in [5, 5.41) is 3.00. The third kappa shape index (κ3) is 4.75. The van der Waals surface area contributed by atoms with Gasteiger partial charge in [-0.1, -0.05) is 12.1 Å². The number of piperazine rings is 1. The lowest BCUT2D eigenvalue weighted by Crippen LogP contribution is -2.58. The average molecular weight is 388 g/mol. The number of carbonyl (C=O) groups excluding carboxylic acids is 1. The largest absolute Gasteiger partial charge is 0.385 e. The number of carbonyl (C=O) groups is 1. The molecule has 0 bridgehead atoms. The SMILES string of the molecule is COCCCN1C(C)CN(C(=O)c2cccc(-c3nc(C)cs3)c2)CC1C. The van der Waals surface area contributed by atoms with E-state index >= 15 is 0 Å². The second-order valence-corrected chi connectivity index (χ2v) is 8.23. The van der Waals surface area contributed by atoms with Crippen LogP contribution in [-0.4, -0.2) is 66.1 Å². The molecule has 2 aromatic rings. The maximum absolute atomic E-state index is 13.1. The molecule has 5 nitrogen and oxygen atoms in total. The zero-order valence-electron chi connectivity index (χ0n) is 16.6. The quantitative estimate of drug-likeness (QED) is 0.709. The highest BCUT2D eigenvalue weighted by atomic mass is 32.1. The second-order valence-electron chi connectivity index (χ2n) is 7.37. The lowest BCUT2D eigenvalue weighted by atomic mass is 10.0. The zero-order valence-corrected chi connectivity index (χ0v) is 17.5. The molecule has 0 radical (unpaired) electrons. The molecule has 0 aliphatic carbocycles. The number of thiazole rings is 1. The first-order chi connectivity index (χ1) is 13.0. The lowest BCUT2D eigenvalue weighted by molar-refractivity contribution is 0.0270. The van der Waals surface area contributed by atoms with E-state index in [0.717, 1.165) is 54.5 Å². The molecular weight excluding hydrogens is 358 g/mol. The van der Waals surface area contributed by atoms with Gasteiger partial charge in [-0.2, -0.15) is 0 Å². The van der Waals surface area contributed by atoms with Crippen LogP contribution in [-0.2, 0) is 4.74 Å². The summed E-state index contributed by atoms with van der Waals surface area (Å²) in [4.78, 5) is 22.1. The normalized spacial score (nSPS) is 20.8. The molecule has 27 heavy (non-hydrogen) atoms. The number of rotatable bonds is 6. The maximum atomic E-state index is 13.1. The fraction of sp³-hybridized carbons (Fsp3) is 0.524. The van der Waals surface area contributed by atoms with Crippen molar-refractivity contribution in [2.24, 2.45) is 0 Å². The van der Waals surface area contributed by atoms with Gasteiger partial charge in [0.05, 0.1) is 0 Å². The molecule has 2 unspecified atom stereocenters. The molecule has 1 aliphatic rings. The van der Waals surface area contributed by atoms with Crippen LogP contribution in [0.15, 0.2) is 29.6 Å². The standard InChI is InChI=1S/C21H29N3O2S/c1-15-14-27-20(22-15)18-7-5-8-19(11-18)21(25)23-12-16(2)24(17(3)13-23)9-6-10-26-4/h5,7-8,11,14,16-17H,6,9-10,12-13H2,1-4H3. The summed E-state index contributed by atoms with van der Waals surface area (Å²) >= 11 is 1.62. The van der Waals surface area contributed by atoms with Crippen molar-refractivity contribution in [3.05, 3.63) is 40.9 Å². The summed E-state index contributed by atoms with van der Waals surface area (Å²) in [7, 11) is 1.74. The van der Waals surface area contributed by atoms with Crippen LogP contribution < -0.4 is 0 Å². The van der Waals surface area contributed by atoms with Gasteiger partial charge in [-0.25, -0.2) is 4.98 Å². The molecule has 1 amide bonds. The summed E-state index contributed by atoms with van der Waals surface area (Å²) in [6.07, 6.45) is 1.02. The number of nitrogens with zero attached hydrogens (tertiary/aromatic N) is 3. The van der Waals surface area contributed by atoms with Crippen LogP contribution in [0.2, 0.25) is 0 Å². The van der Waals surface area contributed by atoms with Gasteiger partial charge in [-0.15, -0.1) is 11.3 Å². The monoisotopic (exact) mass is 387 g/mol. The van der Waals surface area contributed by atoms with Gasteiger partial charge in [0, 0.05) is 67.6 Å². The fourth-order valence-electron chi connectivity index (χ4n) is 3.81. The molecule has 1 saturated heterocycles. The highest BCUT2D eigenvalue weighted by molar-refractivity contribution is 7.13. The molecule has 1 fully saturated rings. The minimum Gasteiger partial charge on any atom is -0.385 e. The number of methoxy groups -OCH3 is 1. The number of ether oxygens (including phenoxy) is 1. The summed E-state index contributed by atoms with van der Waals surface area (Å²) < 4.78 is 5.17. The van der Waals surface area contributed by atoms with E-state index in [1.807, 2.05) is 41.5 Å². The first-order valence-electron chi connectivity index (χ1n) is 9.56. The summed E-state index contributed by atoms with van der Waals surface area (Å²) in [6, 6.07) is 8.55. The van der Waals surface area contributed by atoms with Crippen molar-refractivity contribution in [1.29, 1.82) is 0 Å². The van der Waals surface area contributed by atoms with Crippen LogP contribution in [0.5, 0.6) is 0 Å². The number of aromatic nitrogens is 1. The molecule has 0 saturated carbocycles. The first-order valence-corrected chi connectivity index (χ1v) is 10.4. The first kappa shape index (κ1) is 20.0. The summed E-state index contributed by atoms with van der Waals surface area (Å²) in [5.41, 5.74) is 2.77. The minimum atomic E-state index is 0.111. The number of hydrogen-bond acceptors (Lipinski definition) is 5. The molecule has 146 valence electrons. The smallest absolute Gasteiger partial charge is 0.253 e. The van der Waals surface area contributed by atoms with Crippen LogP contribution in [0.3, 0.4) is 0 Å². The van der Waals surface area contributed by atoms with Gasteiger partial charge in [0.1, 0.15) is 5.01 Å². The van der Waals surface area contributed by atoms with E-state index in [1.165, 1.54) is 0 Å². The van der Waals surface area contributed by atoms with Gasteiger partial charge in [-0.05, 0) is 39.3 Å². The highest BCUT2D eigenvalue weighted by Gasteiger charge is 2.31. The van der Waals surface area contributed by atoms with Gasteiger partial charge >= 0.3 is 0 Å². The molecule has 1 aromatic carbocycles. The van der Waals surface area contributed by atoms with E-state index in [-0.39, 0.29) is 5.91 Å². The third-order valence-electron chi connectivity index (χ3n) is 5.13. The third-order valence-corrected chi connectivity index (χ3v) is 6.14. The van der Waals surface area contributed by atoms with Crippen molar-refractivity contribution in [3.8, 4) is 10.6 Å². The predicted molar refractivity (Wildman–Crippen MR) is 110 cm³/mol. The van der Waals surface area contributed by atoms with E-state index in [1.54, 1.807) is 18.4 Å². The van der Waals surface area contributed by atoms with Crippen LogP contribution >= 0.6 is 11.3 Å². The Morgan fingerprint density at radius 1 is 1.30 bits per heavy atom. The zero-order chi connectivity index (χ0) is 19.4. The fourth-order valence-corrected chi connectivity index (χ4v) is 4.60. The number of aryl methyl sites for hydroxylation is 1. The molecule has 6 heteroatoms. The number of hydrogen-bond donors (Lipinski definition) is 0. The van der Waals surface area contributed by atoms with Crippen LogP contribution in [0.1, 0.15) is 36.3 Å². The predicted octanol–water partition coefficient (Wildman–Crippen LogP) is 3.69. The average Bonchev–Trinajstić information content (AvgIpc) is 3.10. The van der Waals surface area contributed by atoms with Gasteiger partial charge in [0.2, 0.25) is 0 Å². The van der Waals surface area contributed by atoms with Crippen molar-refractivity contribution >= 4 is 17.2 Å². The van der Waals surface area contributed by atoms with Gasteiger partial charge in [-0.3, -0.25) is 9.69 Å².